The van der Waals surface area contributed by atoms with Crippen LogP contribution >= 0.6 is 0 Å². The molecule has 0 spiro atoms. The molecular weight excluding hydrogens is 238 g/mol. The molecule has 0 radical (unpaired) electrons. The van der Waals surface area contributed by atoms with E-state index >= 15 is 0 Å². The molecule has 1 saturated heterocycles. The van der Waals surface area contributed by atoms with Gasteiger partial charge >= 0.3 is 0 Å². The van der Waals surface area contributed by atoms with E-state index in [4.69, 9.17) is 5.73 Å². The lowest BCUT2D eigenvalue weighted by Crippen LogP contribution is -2.52. The fourth-order valence-corrected chi connectivity index (χ4v) is 3.80. The quantitative estimate of drug-likeness (QED) is 0.778. The summed E-state index contributed by atoms with van der Waals surface area (Å²) in [5.41, 5.74) is 6.02. The molecule has 3 atom stereocenters. The third kappa shape index (κ3) is 3.48. The third-order valence-electron chi connectivity index (χ3n) is 5.43. The highest BCUT2D eigenvalue weighted by atomic mass is 16.3. The molecule has 112 valence electrons. The number of hydrogen-bond acceptors (Lipinski definition) is 4. The summed E-state index contributed by atoms with van der Waals surface area (Å²) in [7, 11) is 2.24. The zero-order valence-corrected chi connectivity index (χ0v) is 12.6. The first-order chi connectivity index (χ1) is 9.09. The second-order valence-corrected chi connectivity index (χ2v) is 6.61. The standard InChI is InChI=1S/C15H31N3O/c1-3-14-11-18(10-9-17(14)2)8-6-13-5-4-7-15(13,16)12-19/h13-14,19H,3-12,16H2,1-2H3. The van der Waals surface area contributed by atoms with Crippen molar-refractivity contribution in [2.24, 2.45) is 11.7 Å². The number of aliphatic hydroxyl groups excluding tert-OH is 1. The van der Waals surface area contributed by atoms with Gasteiger partial charge in [-0.25, -0.2) is 0 Å². The van der Waals surface area contributed by atoms with E-state index < -0.39 is 0 Å². The Labute approximate surface area is 117 Å². The van der Waals surface area contributed by atoms with Crippen molar-refractivity contribution in [3.63, 3.8) is 0 Å². The number of likely N-dealkylation sites (N-methyl/N-ethyl adjacent to an activating group) is 1. The molecule has 1 aliphatic carbocycles. The summed E-state index contributed by atoms with van der Waals surface area (Å²) in [6, 6.07) is 0.706. The van der Waals surface area contributed by atoms with Crippen LogP contribution in [0.5, 0.6) is 0 Å². The van der Waals surface area contributed by atoms with Gasteiger partial charge in [-0.2, -0.15) is 0 Å². The van der Waals surface area contributed by atoms with Gasteiger partial charge in [-0.15, -0.1) is 0 Å². The Hall–Kier alpha value is -0.160. The fraction of sp³-hybridized carbons (Fsp3) is 1.00. The van der Waals surface area contributed by atoms with E-state index in [1.165, 1.54) is 38.9 Å². The average molecular weight is 269 g/mol. The Morgan fingerprint density at radius 1 is 1.37 bits per heavy atom. The Morgan fingerprint density at radius 2 is 2.16 bits per heavy atom. The summed E-state index contributed by atoms with van der Waals surface area (Å²) in [5, 5.41) is 9.50. The van der Waals surface area contributed by atoms with Crippen LogP contribution in [0.2, 0.25) is 0 Å². The molecule has 2 rings (SSSR count). The van der Waals surface area contributed by atoms with E-state index in [0.29, 0.717) is 12.0 Å². The van der Waals surface area contributed by atoms with Crippen molar-refractivity contribution >= 4 is 0 Å². The van der Waals surface area contributed by atoms with Crippen molar-refractivity contribution in [3.8, 4) is 0 Å². The van der Waals surface area contributed by atoms with Gasteiger partial charge in [0.25, 0.3) is 0 Å². The molecule has 19 heavy (non-hydrogen) atoms. The SMILES string of the molecule is CCC1CN(CCC2CCCC2(N)CO)CCN1C. The first kappa shape index (κ1) is 15.2. The minimum Gasteiger partial charge on any atom is -0.394 e. The molecule has 0 amide bonds. The average Bonchev–Trinajstić information content (AvgIpc) is 2.80. The van der Waals surface area contributed by atoms with Gasteiger partial charge in [-0.05, 0) is 45.2 Å². The maximum absolute atomic E-state index is 9.50. The highest BCUT2D eigenvalue weighted by molar-refractivity contribution is 4.96. The maximum Gasteiger partial charge on any atom is 0.0613 e. The highest BCUT2D eigenvalue weighted by Gasteiger charge is 2.38. The van der Waals surface area contributed by atoms with Gasteiger partial charge in [-0.3, -0.25) is 0 Å². The molecule has 1 aliphatic heterocycles. The first-order valence-corrected chi connectivity index (χ1v) is 7.91. The number of nitrogens with zero attached hydrogens (tertiary/aromatic N) is 2. The van der Waals surface area contributed by atoms with E-state index in [0.717, 1.165) is 19.4 Å². The normalized spacial score (nSPS) is 37.9. The molecule has 3 unspecified atom stereocenters. The molecular formula is C15H31N3O. The monoisotopic (exact) mass is 269 g/mol. The Kier molecular flexibility index (Phi) is 5.23. The van der Waals surface area contributed by atoms with E-state index in [1.54, 1.807) is 0 Å². The van der Waals surface area contributed by atoms with Crippen molar-refractivity contribution in [3.05, 3.63) is 0 Å². The summed E-state index contributed by atoms with van der Waals surface area (Å²) in [6.07, 6.45) is 5.75. The van der Waals surface area contributed by atoms with E-state index in [9.17, 15) is 5.11 Å². The molecule has 4 nitrogen and oxygen atoms in total. The van der Waals surface area contributed by atoms with E-state index in [2.05, 4.69) is 23.8 Å². The Bertz CT molecular complexity index is 287. The highest BCUT2D eigenvalue weighted by Crippen LogP contribution is 2.35. The van der Waals surface area contributed by atoms with Crippen LogP contribution in [-0.4, -0.2) is 66.3 Å². The van der Waals surface area contributed by atoms with Crippen LogP contribution in [-0.2, 0) is 0 Å². The van der Waals surface area contributed by atoms with Crippen LogP contribution < -0.4 is 5.73 Å². The summed E-state index contributed by atoms with van der Waals surface area (Å²) in [4.78, 5) is 5.07. The predicted octanol–water partition coefficient (Wildman–Crippen LogP) is 0.892. The van der Waals surface area contributed by atoms with Gasteiger partial charge < -0.3 is 20.6 Å². The summed E-state index contributed by atoms with van der Waals surface area (Å²) in [5.74, 6) is 0.511. The molecule has 2 aliphatic rings. The molecule has 0 bridgehead atoms. The minimum atomic E-state index is -0.295. The van der Waals surface area contributed by atoms with Crippen molar-refractivity contribution in [2.75, 3.05) is 39.8 Å². The van der Waals surface area contributed by atoms with Gasteiger partial charge in [0.2, 0.25) is 0 Å². The lowest BCUT2D eigenvalue weighted by atomic mass is 9.86. The summed E-state index contributed by atoms with van der Waals surface area (Å²) < 4.78 is 0. The zero-order valence-electron chi connectivity index (χ0n) is 12.6. The number of hydrogen-bond donors (Lipinski definition) is 2. The molecule has 3 N–H and O–H groups in total. The van der Waals surface area contributed by atoms with Gasteiger partial charge in [0.1, 0.15) is 0 Å². The van der Waals surface area contributed by atoms with E-state index in [1.807, 2.05) is 0 Å². The van der Waals surface area contributed by atoms with Crippen molar-refractivity contribution in [1.82, 2.24) is 9.80 Å². The van der Waals surface area contributed by atoms with Gasteiger partial charge in [0, 0.05) is 31.2 Å². The van der Waals surface area contributed by atoms with Crippen molar-refractivity contribution < 1.29 is 5.11 Å². The molecule has 0 aromatic rings. The number of rotatable bonds is 5. The largest absolute Gasteiger partial charge is 0.394 e. The van der Waals surface area contributed by atoms with Gasteiger partial charge in [0.15, 0.2) is 0 Å². The minimum absolute atomic E-state index is 0.151. The van der Waals surface area contributed by atoms with Crippen LogP contribution in [0.1, 0.15) is 39.0 Å². The molecule has 2 fully saturated rings. The molecule has 1 heterocycles. The number of nitrogens with two attached hydrogens (primary N) is 1. The second kappa shape index (κ2) is 6.53. The van der Waals surface area contributed by atoms with Crippen LogP contribution in [0, 0.1) is 5.92 Å². The van der Waals surface area contributed by atoms with Crippen molar-refractivity contribution in [2.45, 2.75) is 50.6 Å². The maximum atomic E-state index is 9.50. The van der Waals surface area contributed by atoms with E-state index in [-0.39, 0.29) is 12.1 Å². The summed E-state index contributed by atoms with van der Waals surface area (Å²) in [6.45, 7) is 7.12. The van der Waals surface area contributed by atoms with Crippen LogP contribution in [0.3, 0.4) is 0 Å². The molecule has 0 aromatic carbocycles. The zero-order chi connectivity index (χ0) is 13.9. The first-order valence-electron chi connectivity index (χ1n) is 7.91. The fourth-order valence-electron chi connectivity index (χ4n) is 3.80. The second-order valence-electron chi connectivity index (χ2n) is 6.61. The van der Waals surface area contributed by atoms with Crippen LogP contribution in [0.15, 0.2) is 0 Å². The topological polar surface area (TPSA) is 52.7 Å². The number of piperazine rings is 1. The molecule has 0 aromatic heterocycles. The smallest absolute Gasteiger partial charge is 0.0613 e. The Balaban J connectivity index is 1.79. The van der Waals surface area contributed by atoms with Crippen molar-refractivity contribution in [1.29, 1.82) is 0 Å². The van der Waals surface area contributed by atoms with Crippen LogP contribution in [0.25, 0.3) is 0 Å². The summed E-state index contributed by atoms with van der Waals surface area (Å²) >= 11 is 0. The number of aliphatic hydroxyl groups is 1. The van der Waals surface area contributed by atoms with Gasteiger partial charge in [-0.1, -0.05) is 13.3 Å². The third-order valence-corrected chi connectivity index (χ3v) is 5.43. The van der Waals surface area contributed by atoms with Crippen LogP contribution in [0.4, 0.5) is 0 Å². The Morgan fingerprint density at radius 3 is 2.84 bits per heavy atom. The van der Waals surface area contributed by atoms with Gasteiger partial charge in [0.05, 0.1) is 6.61 Å². The lowest BCUT2D eigenvalue weighted by molar-refractivity contribution is 0.0813. The molecule has 4 heteroatoms. The predicted molar refractivity (Wildman–Crippen MR) is 79.1 cm³/mol. The molecule has 1 saturated carbocycles. The lowest BCUT2D eigenvalue weighted by Gasteiger charge is -2.40.